The van der Waals surface area contributed by atoms with E-state index in [1.807, 2.05) is 24.3 Å². The summed E-state index contributed by atoms with van der Waals surface area (Å²) in [6, 6.07) is 7.43. The number of hydrogen-bond donors (Lipinski definition) is 0. The van der Waals surface area contributed by atoms with Crippen molar-refractivity contribution in [3.63, 3.8) is 0 Å². The highest BCUT2D eigenvalue weighted by molar-refractivity contribution is 6.30. The molecule has 0 amide bonds. The van der Waals surface area contributed by atoms with Gasteiger partial charge in [0.05, 0.1) is 0 Å². The highest BCUT2D eigenvalue weighted by Crippen LogP contribution is 2.39. The van der Waals surface area contributed by atoms with Crippen LogP contribution in [-0.4, -0.2) is 10.2 Å². The van der Waals surface area contributed by atoms with Crippen molar-refractivity contribution in [2.45, 2.75) is 18.8 Å². The SMILES string of the molecule is Clc1cccc(-c2nnc(C3CC3)o2)c1. The minimum absolute atomic E-state index is 0.491. The summed E-state index contributed by atoms with van der Waals surface area (Å²) in [4.78, 5) is 0. The summed E-state index contributed by atoms with van der Waals surface area (Å²) in [5, 5.41) is 8.72. The number of halogens is 1. The summed E-state index contributed by atoms with van der Waals surface area (Å²) in [6.07, 6.45) is 2.33. The van der Waals surface area contributed by atoms with Crippen molar-refractivity contribution in [2.75, 3.05) is 0 Å². The Kier molecular flexibility index (Phi) is 1.99. The number of rotatable bonds is 2. The first-order valence-electron chi connectivity index (χ1n) is 4.92. The van der Waals surface area contributed by atoms with E-state index in [9.17, 15) is 0 Å². The number of aromatic nitrogens is 2. The van der Waals surface area contributed by atoms with Crippen molar-refractivity contribution in [1.82, 2.24) is 10.2 Å². The van der Waals surface area contributed by atoms with Crippen LogP contribution >= 0.6 is 11.6 Å². The van der Waals surface area contributed by atoms with Gasteiger partial charge in [0.2, 0.25) is 11.8 Å². The second-order valence-electron chi connectivity index (χ2n) is 3.73. The predicted octanol–water partition coefficient (Wildman–Crippen LogP) is 3.27. The molecule has 15 heavy (non-hydrogen) atoms. The maximum absolute atomic E-state index is 5.89. The standard InChI is InChI=1S/C11H9ClN2O/c12-9-3-1-2-8(6-9)11-14-13-10(15-11)7-4-5-7/h1-3,6-7H,4-5H2. The normalized spacial score (nSPS) is 15.5. The van der Waals surface area contributed by atoms with Gasteiger partial charge in [-0.3, -0.25) is 0 Å². The molecular weight excluding hydrogens is 212 g/mol. The van der Waals surface area contributed by atoms with Crippen LogP contribution in [0.1, 0.15) is 24.7 Å². The van der Waals surface area contributed by atoms with E-state index in [0.29, 0.717) is 16.8 Å². The fourth-order valence-corrected chi connectivity index (χ4v) is 1.66. The first-order chi connectivity index (χ1) is 7.33. The van der Waals surface area contributed by atoms with E-state index < -0.39 is 0 Å². The maximum atomic E-state index is 5.89. The van der Waals surface area contributed by atoms with Crippen molar-refractivity contribution in [3.8, 4) is 11.5 Å². The smallest absolute Gasteiger partial charge is 0.247 e. The van der Waals surface area contributed by atoms with Gasteiger partial charge in [0.25, 0.3) is 0 Å². The molecule has 1 aromatic carbocycles. The van der Waals surface area contributed by atoms with Crippen LogP contribution < -0.4 is 0 Å². The zero-order chi connectivity index (χ0) is 10.3. The van der Waals surface area contributed by atoms with E-state index in [1.54, 1.807) is 0 Å². The van der Waals surface area contributed by atoms with Gasteiger partial charge in [-0.15, -0.1) is 10.2 Å². The molecule has 1 saturated carbocycles. The molecule has 2 aromatic rings. The highest BCUT2D eigenvalue weighted by Gasteiger charge is 2.29. The first kappa shape index (κ1) is 8.92. The van der Waals surface area contributed by atoms with E-state index >= 15 is 0 Å². The molecule has 1 aliphatic carbocycles. The summed E-state index contributed by atoms with van der Waals surface area (Å²) in [5.74, 6) is 1.80. The molecule has 1 aromatic heterocycles. The molecule has 0 N–H and O–H groups in total. The number of hydrogen-bond acceptors (Lipinski definition) is 3. The lowest BCUT2D eigenvalue weighted by atomic mass is 10.2. The van der Waals surface area contributed by atoms with E-state index in [2.05, 4.69) is 10.2 Å². The number of benzene rings is 1. The summed E-state index contributed by atoms with van der Waals surface area (Å²) in [7, 11) is 0. The molecule has 0 atom stereocenters. The minimum Gasteiger partial charge on any atom is -0.420 e. The zero-order valence-corrected chi connectivity index (χ0v) is 8.74. The summed E-state index contributed by atoms with van der Waals surface area (Å²) in [5.41, 5.74) is 0.877. The Morgan fingerprint density at radius 3 is 2.87 bits per heavy atom. The van der Waals surface area contributed by atoms with Crippen LogP contribution in [-0.2, 0) is 0 Å². The molecule has 0 bridgehead atoms. The van der Waals surface area contributed by atoms with Crippen molar-refractivity contribution in [1.29, 1.82) is 0 Å². The van der Waals surface area contributed by atoms with E-state index in [-0.39, 0.29) is 0 Å². The summed E-state index contributed by atoms with van der Waals surface area (Å²) < 4.78 is 5.57. The average Bonchev–Trinajstić information content (AvgIpc) is 2.97. The molecule has 1 aliphatic rings. The van der Waals surface area contributed by atoms with Crippen molar-refractivity contribution >= 4 is 11.6 Å². The van der Waals surface area contributed by atoms with Crippen molar-refractivity contribution < 1.29 is 4.42 Å². The molecule has 0 spiro atoms. The van der Waals surface area contributed by atoms with Crippen LogP contribution in [0.25, 0.3) is 11.5 Å². The fraction of sp³-hybridized carbons (Fsp3) is 0.273. The monoisotopic (exact) mass is 220 g/mol. The molecule has 3 nitrogen and oxygen atoms in total. The minimum atomic E-state index is 0.491. The maximum Gasteiger partial charge on any atom is 0.247 e. The Hall–Kier alpha value is -1.35. The van der Waals surface area contributed by atoms with Gasteiger partial charge in [-0.1, -0.05) is 17.7 Å². The fourth-order valence-electron chi connectivity index (χ4n) is 1.47. The van der Waals surface area contributed by atoms with Crippen LogP contribution in [0.15, 0.2) is 28.7 Å². The average molecular weight is 221 g/mol. The molecular formula is C11H9ClN2O. The predicted molar refractivity (Wildman–Crippen MR) is 56.7 cm³/mol. The van der Waals surface area contributed by atoms with Crippen LogP contribution in [0.3, 0.4) is 0 Å². The van der Waals surface area contributed by atoms with E-state index in [4.69, 9.17) is 16.0 Å². The van der Waals surface area contributed by atoms with E-state index in [0.717, 1.165) is 24.3 Å². The van der Waals surface area contributed by atoms with Crippen LogP contribution in [0.5, 0.6) is 0 Å². The lowest BCUT2D eigenvalue weighted by Crippen LogP contribution is -1.77. The van der Waals surface area contributed by atoms with Crippen molar-refractivity contribution in [2.24, 2.45) is 0 Å². The third-order valence-electron chi connectivity index (χ3n) is 2.44. The highest BCUT2D eigenvalue weighted by atomic mass is 35.5. The molecule has 0 radical (unpaired) electrons. The summed E-state index contributed by atoms with van der Waals surface area (Å²) >= 11 is 5.89. The topological polar surface area (TPSA) is 38.9 Å². The largest absolute Gasteiger partial charge is 0.420 e. The molecule has 0 aliphatic heterocycles. The Balaban J connectivity index is 1.97. The molecule has 0 saturated heterocycles. The quantitative estimate of drug-likeness (QED) is 0.780. The Bertz CT molecular complexity index is 491. The van der Waals surface area contributed by atoms with Crippen LogP contribution in [0.2, 0.25) is 5.02 Å². The van der Waals surface area contributed by atoms with Gasteiger partial charge >= 0.3 is 0 Å². The molecule has 4 heteroatoms. The van der Waals surface area contributed by atoms with Crippen molar-refractivity contribution in [3.05, 3.63) is 35.2 Å². The van der Waals surface area contributed by atoms with Gasteiger partial charge in [-0.2, -0.15) is 0 Å². The lowest BCUT2D eigenvalue weighted by molar-refractivity contribution is 0.508. The first-order valence-corrected chi connectivity index (χ1v) is 5.30. The lowest BCUT2D eigenvalue weighted by Gasteiger charge is -1.94. The van der Waals surface area contributed by atoms with Gasteiger partial charge in [0, 0.05) is 16.5 Å². The second-order valence-corrected chi connectivity index (χ2v) is 4.17. The second kappa shape index (κ2) is 3.35. The Morgan fingerprint density at radius 2 is 2.13 bits per heavy atom. The van der Waals surface area contributed by atoms with Gasteiger partial charge < -0.3 is 4.42 Å². The van der Waals surface area contributed by atoms with Crippen LogP contribution in [0.4, 0.5) is 0 Å². The molecule has 0 unspecified atom stereocenters. The zero-order valence-electron chi connectivity index (χ0n) is 7.98. The third-order valence-corrected chi connectivity index (χ3v) is 2.67. The Labute approximate surface area is 92.1 Å². The Morgan fingerprint density at radius 1 is 1.27 bits per heavy atom. The van der Waals surface area contributed by atoms with Gasteiger partial charge in [-0.05, 0) is 31.0 Å². The van der Waals surface area contributed by atoms with E-state index in [1.165, 1.54) is 0 Å². The van der Waals surface area contributed by atoms with Crippen LogP contribution in [0, 0.1) is 0 Å². The molecule has 3 rings (SSSR count). The third kappa shape index (κ3) is 1.75. The number of nitrogens with zero attached hydrogens (tertiary/aromatic N) is 2. The molecule has 76 valence electrons. The summed E-state index contributed by atoms with van der Waals surface area (Å²) in [6.45, 7) is 0. The van der Waals surface area contributed by atoms with Gasteiger partial charge in [-0.25, -0.2) is 0 Å². The van der Waals surface area contributed by atoms with Gasteiger partial charge in [0.15, 0.2) is 0 Å². The molecule has 1 fully saturated rings. The molecule has 1 heterocycles. The van der Waals surface area contributed by atoms with Gasteiger partial charge in [0.1, 0.15) is 0 Å².